The van der Waals surface area contributed by atoms with E-state index in [4.69, 9.17) is 23.2 Å². The van der Waals surface area contributed by atoms with Gasteiger partial charge in [0, 0.05) is 21.0 Å². The molecule has 4 heteroatoms. The number of hydrogen-bond donors (Lipinski definition) is 0. The van der Waals surface area contributed by atoms with Crippen molar-refractivity contribution in [2.75, 3.05) is 0 Å². The standard InChI is InChI=1S/C12H11Cl2NS/c1-2-3-12-15-11(7-16-12)8-4-9(13)6-10(14)5-8/h4-7H,2-3H2,1H3. The summed E-state index contributed by atoms with van der Waals surface area (Å²) in [5, 5.41) is 4.50. The van der Waals surface area contributed by atoms with E-state index < -0.39 is 0 Å². The molecule has 0 unspecified atom stereocenters. The maximum absolute atomic E-state index is 5.96. The minimum Gasteiger partial charge on any atom is -0.241 e. The number of rotatable bonds is 3. The van der Waals surface area contributed by atoms with Crippen molar-refractivity contribution in [3.05, 3.63) is 38.6 Å². The van der Waals surface area contributed by atoms with Crippen molar-refractivity contribution in [3.63, 3.8) is 0 Å². The van der Waals surface area contributed by atoms with E-state index in [1.807, 2.05) is 17.5 Å². The smallest absolute Gasteiger partial charge is 0.0932 e. The lowest BCUT2D eigenvalue weighted by molar-refractivity contribution is 0.910. The predicted molar refractivity (Wildman–Crippen MR) is 71.6 cm³/mol. The Bertz CT molecular complexity index is 473. The number of benzene rings is 1. The molecular formula is C12H11Cl2NS. The fraction of sp³-hybridized carbons (Fsp3) is 0.250. The highest BCUT2D eigenvalue weighted by Gasteiger charge is 2.06. The molecule has 0 aliphatic rings. The Morgan fingerprint density at radius 1 is 1.19 bits per heavy atom. The van der Waals surface area contributed by atoms with Crippen LogP contribution in [0.15, 0.2) is 23.6 Å². The van der Waals surface area contributed by atoms with E-state index in [-0.39, 0.29) is 0 Å². The third-order valence-corrected chi connectivity index (χ3v) is 3.52. The first-order valence-corrected chi connectivity index (χ1v) is 6.73. The Kier molecular flexibility index (Phi) is 3.85. The van der Waals surface area contributed by atoms with E-state index in [0.29, 0.717) is 10.0 Å². The van der Waals surface area contributed by atoms with E-state index in [1.54, 1.807) is 17.4 Å². The predicted octanol–water partition coefficient (Wildman–Crippen LogP) is 5.07. The van der Waals surface area contributed by atoms with Crippen LogP contribution in [0.1, 0.15) is 18.4 Å². The van der Waals surface area contributed by atoms with Gasteiger partial charge in [-0.15, -0.1) is 11.3 Å². The lowest BCUT2D eigenvalue weighted by Gasteiger charge is -1.99. The van der Waals surface area contributed by atoms with Crippen LogP contribution in [0.25, 0.3) is 11.3 Å². The van der Waals surface area contributed by atoms with E-state index in [1.165, 1.54) is 0 Å². The Hall–Kier alpha value is -0.570. The van der Waals surface area contributed by atoms with Crippen LogP contribution in [0.2, 0.25) is 10.0 Å². The Morgan fingerprint density at radius 3 is 2.50 bits per heavy atom. The second kappa shape index (κ2) is 5.17. The van der Waals surface area contributed by atoms with Crippen LogP contribution in [0, 0.1) is 0 Å². The van der Waals surface area contributed by atoms with Crippen LogP contribution in [0.3, 0.4) is 0 Å². The van der Waals surface area contributed by atoms with Crippen molar-refractivity contribution in [2.24, 2.45) is 0 Å². The van der Waals surface area contributed by atoms with E-state index in [0.717, 1.165) is 29.1 Å². The Labute approximate surface area is 109 Å². The number of nitrogens with zero attached hydrogens (tertiary/aromatic N) is 1. The van der Waals surface area contributed by atoms with Crippen LogP contribution >= 0.6 is 34.5 Å². The molecule has 1 heterocycles. The maximum Gasteiger partial charge on any atom is 0.0932 e. The van der Waals surface area contributed by atoms with Crippen molar-refractivity contribution in [1.29, 1.82) is 0 Å². The average molecular weight is 272 g/mol. The fourth-order valence-corrected chi connectivity index (χ4v) is 2.91. The summed E-state index contributed by atoms with van der Waals surface area (Å²) in [6.07, 6.45) is 2.14. The average Bonchev–Trinajstić information content (AvgIpc) is 2.65. The summed E-state index contributed by atoms with van der Waals surface area (Å²) in [6.45, 7) is 2.15. The molecule has 1 nitrogen and oxygen atoms in total. The molecule has 0 aliphatic heterocycles. The summed E-state index contributed by atoms with van der Waals surface area (Å²) in [7, 11) is 0. The number of halogens is 2. The number of hydrogen-bond acceptors (Lipinski definition) is 2. The van der Waals surface area contributed by atoms with Gasteiger partial charge in [-0.3, -0.25) is 0 Å². The van der Waals surface area contributed by atoms with Crippen LogP contribution in [-0.4, -0.2) is 4.98 Å². The lowest BCUT2D eigenvalue weighted by atomic mass is 10.2. The van der Waals surface area contributed by atoms with Crippen LogP contribution in [0.4, 0.5) is 0 Å². The highest BCUT2D eigenvalue weighted by Crippen LogP contribution is 2.28. The Balaban J connectivity index is 2.34. The van der Waals surface area contributed by atoms with Crippen molar-refractivity contribution < 1.29 is 0 Å². The fourth-order valence-electron chi connectivity index (χ4n) is 1.47. The molecule has 16 heavy (non-hydrogen) atoms. The zero-order valence-electron chi connectivity index (χ0n) is 8.84. The van der Waals surface area contributed by atoms with Crippen LogP contribution in [0.5, 0.6) is 0 Å². The molecular weight excluding hydrogens is 261 g/mol. The molecule has 84 valence electrons. The summed E-state index contributed by atoms with van der Waals surface area (Å²) in [4.78, 5) is 4.55. The van der Waals surface area contributed by atoms with Gasteiger partial charge in [-0.25, -0.2) is 4.98 Å². The van der Waals surface area contributed by atoms with Crippen LogP contribution < -0.4 is 0 Å². The molecule has 0 bridgehead atoms. The molecule has 2 rings (SSSR count). The van der Waals surface area contributed by atoms with Gasteiger partial charge in [0.2, 0.25) is 0 Å². The molecule has 0 spiro atoms. The van der Waals surface area contributed by atoms with E-state index in [2.05, 4.69) is 11.9 Å². The third-order valence-electron chi connectivity index (χ3n) is 2.17. The highest BCUT2D eigenvalue weighted by molar-refractivity contribution is 7.09. The molecule has 0 saturated heterocycles. The third kappa shape index (κ3) is 2.76. The van der Waals surface area contributed by atoms with Crippen molar-refractivity contribution in [2.45, 2.75) is 19.8 Å². The lowest BCUT2D eigenvalue weighted by Crippen LogP contribution is -1.83. The van der Waals surface area contributed by atoms with Crippen LogP contribution in [-0.2, 0) is 6.42 Å². The largest absolute Gasteiger partial charge is 0.241 e. The van der Waals surface area contributed by atoms with Gasteiger partial charge in [-0.1, -0.05) is 30.1 Å². The summed E-state index contributed by atoms with van der Waals surface area (Å²) in [6, 6.07) is 5.50. The van der Waals surface area contributed by atoms with Gasteiger partial charge in [0.05, 0.1) is 10.7 Å². The van der Waals surface area contributed by atoms with Gasteiger partial charge < -0.3 is 0 Å². The first kappa shape index (κ1) is 11.9. The summed E-state index contributed by atoms with van der Waals surface area (Å²) in [5.41, 5.74) is 1.94. The summed E-state index contributed by atoms with van der Waals surface area (Å²) < 4.78 is 0. The topological polar surface area (TPSA) is 12.9 Å². The maximum atomic E-state index is 5.96. The van der Waals surface area contributed by atoms with Gasteiger partial charge in [0.1, 0.15) is 0 Å². The summed E-state index contributed by atoms with van der Waals surface area (Å²) >= 11 is 13.6. The molecule has 0 fully saturated rings. The van der Waals surface area contributed by atoms with Crippen molar-refractivity contribution >= 4 is 34.5 Å². The molecule has 0 saturated carbocycles. The first-order chi connectivity index (χ1) is 7.69. The normalized spacial score (nSPS) is 10.7. The SMILES string of the molecule is CCCc1nc(-c2cc(Cl)cc(Cl)c2)cs1. The molecule has 0 amide bonds. The number of aromatic nitrogens is 1. The molecule has 2 aromatic rings. The number of thiazole rings is 1. The first-order valence-electron chi connectivity index (χ1n) is 5.10. The van der Waals surface area contributed by atoms with Crippen molar-refractivity contribution in [3.8, 4) is 11.3 Å². The molecule has 0 radical (unpaired) electrons. The van der Waals surface area contributed by atoms with Crippen molar-refractivity contribution in [1.82, 2.24) is 4.98 Å². The van der Waals surface area contributed by atoms with Gasteiger partial charge >= 0.3 is 0 Å². The highest BCUT2D eigenvalue weighted by atomic mass is 35.5. The van der Waals surface area contributed by atoms with Gasteiger partial charge in [0.25, 0.3) is 0 Å². The zero-order chi connectivity index (χ0) is 11.5. The molecule has 1 aromatic heterocycles. The minimum absolute atomic E-state index is 0.646. The van der Waals surface area contributed by atoms with Gasteiger partial charge in [-0.2, -0.15) is 0 Å². The molecule has 1 aromatic carbocycles. The van der Waals surface area contributed by atoms with E-state index in [9.17, 15) is 0 Å². The minimum atomic E-state index is 0.646. The molecule has 0 atom stereocenters. The second-order valence-electron chi connectivity index (χ2n) is 3.53. The second-order valence-corrected chi connectivity index (χ2v) is 5.35. The zero-order valence-corrected chi connectivity index (χ0v) is 11.2. The summed E-state index contributed by atoms with van der Waals surface area (Å²) in [5.74, 6) is 0. The monoisotopic (exact) mass is 271 g/mol. The number of aryl methyl sites for hydroxylation is 1. The van der Waals surface area contributed by atoms with E-state index >= 15 is 0 Å². The molecule has 0 N–H and O–H groups in total. The van der Waals surface area contributed by atoms with Gasteiger partial charge in [-0.05, 0) is 31.0 Å². The Morgan fingerprint density at radius 2 is 1.88 bits per heavy atom. The molecule has 0 aliphatic carbocycles. The quantitative estimate of drug-likeness (QED) is 0.760. The van der Waals surface area contributed by atoms with Gasteiger partial charge in [0.15, 0.2) is 0 Å².